The van der Waals surface area contributed by atoms with Crippen LogP contribution in [0.1, 0.15) is 0 Å². The highest BCUT2D eigenvalue weighted by atomic mass is 16.3. The van der Waals surface area contributed by atoms with Gasteiger partial charge in [0.1, 0.15) is 11.2 Å². The van der Waals surface area contributed by atoms with E-state index in [-0.39, 0.29) is 0 Å². The number of pyridine rings is 1. The predicted octanol–water partition coefficient (Wildman–Crippen LogP) is 9.18. The van der Waals surface area contributed by atoms with Crippen LogP contribution in [0.5, 0.6) is 0 Å². The molecular weight excluding hydrogens is 478 g/mol. The molecule has 0 aliphatic rings. The quantitative estimate of drug-likeness (QED) is 0.238. The van der Waals surface area contributed by atoms with Gasteiger partial charge in [0.15, 0.2) is 5.58 Å². The lowest BCUT2D eigenvalue weighted by Crippen LogP contribution is -2.00. The Balaban J connectivity index is 1.50. The van der Waals surface area contributed by atoms with Crippen molar-refractivity contribution in [2.24, 2.45) is 0 Å². The second kappa shape index (κ2) is 7.59. The first-order valence-electron chi connectivity index (χ1n) is 13.2. The molecule has 0 spiro atoms. The highest BCUT2D eigenvalue weighted by Crippen LogP contribution is 2.40. The van der Waals surface area contributed by atoms with Crippen LogP contribution in [0.25, 0.3) is 77.1 Å². The van der Waals surface area contributed by atoms with Crippen molar-refractivity contribution in [2.75, 3.05) is 0 Å². The van der Waals surface area contributed by atoms with E-state index >= 15 is 0 Å². The van der Waals surface area contributed by atoms with E-state index in [9.17, 15) is 0 Å². The standard InChI is InChI=1S/C35H21N3O/c1-5-15-29-23(10-1)24-11-2-6-16-30(24)37(29)22-20-28-26-13-4-8-18-33(26)39-34(28)32(21-22)38-31-17-7-3-12-25(31)27-14-9-19-36-35(27)38/h1-21H. The first kappa shape index (κ1) is 20.7. The van der Waals surface area contributed by atoms with E-state index in [1.165, 1.54) is 27.2 Å². The summed E-state index contributed by atoms with van der Waals surface area (Å²) >= 11 is 0. The number of aromatic nitrogens is 3. The predicted molar refractivity (Wildman–Crippen MR) is 160 cm³/mol. The summed E-state index contributed by atoms with van der Waals surface area (Å²) in [5.74, 6) is 0. The Morgan fingerprint density at radius 2 is 1.05 bits per heavy atom. The topological polar surface area (TPSA) is 35.9 Å². The number of fused-ring (bicyclic) bond motifs is 9. The first-order chi connectivity index (χ1) is 19.4. The van der Waals surface area contributed by atoms with Crippen molar-refractivity contribution >= 4 is 65.7 Å². The minimum atomic E-state index is 0.856. The Morgan fingerprint density at radius 3 is 1.77 bits per heavy atom. The molecule has 9 aromatic rings. The number of para-hydroxylation sites is 4. The summed E-state index contributed by atoms with van der Waals surface area (Å²) < 4.78 is 11.2. The molecule has 0 unspecified atom stereocenters. The number of hydrogen-bond donors (Lipinski definition) is 0. The molecule has 0 saturated carbocycles. The minimum absolute atomic E-state index is 0.856. The lowest BCUT2D eigenvalue weighted by molar-refractivity contribution is 0.666. The lowest BCUT2D eigenvalue weighted by Gasteiger charge is -2.13. The summed E-state index contributed by atoms with van der Waals surface area (Å²) in [6, 6.07) is 42.7. The van der Waals surface area contributed by atoms with Crippen molar-refractivity contribution in [3.8, 4) is 11.4 Å². The number of benzene rings is 5. The Labute approximate surface area is 222 Å². The van der Waals surface area contributed by atoms with Crippen LogP contribution in [0.2, 0.25) is 0 Å². The molecule has 4 nitrogen and oxygen atoms in total. The van der Waals surface area contributed by atoms with Crippen molar-refractivity contribution in [1.82, 2.24) is 14.1 Å². The maximum absolute atomic E-state index is 6.59. The molecule has 4 heteroatoms. The van der Waals surface area contributed by atoms with E-state index in [0.717, 1.165) is 49.9 Å². The zero-order valence-electron chi connectivity index (χ0n) is 20.9. The van der Waals surface area contributed by atoms with Crippen molar-refractivity contribution in [2.45, 2.75) is 0 Å². The zero-order valence-corrected chi connectivity index (χ0v) is 20.9. The van der Waals surface area contributed by atoms with Gasteiger partial charge < -0.3 is 8.98 Å². The third-order valence-corrected chi connectivity index (χ3v) is 7.96. The molecule has 0 N–H and O–H groups in total. The first-order valence-corrected chi connectivity index (χ1v) is 13.2. The van der Waals surface area contributed by atoms with Gasteiger partial charge in [-0.3, -0.25) is 4.57 Å². The SMILES string of the molecule is c1ccc2c(c1)oc1c(-n3c4ccccc4c4cccnc43)cc(-n3c4ccccc4c4ccccc43)cc12. The van der Waals surface area contributed by atoms with Gasteiger partial charge in [-0.25, -0.2) is 4.98 Å². The molecule has 0 atom stereocenters. The molecule has 4 heterocycles. The number of nitrogens with zero attached hydrogens (tertiary/aromatic N) is 3. The van der Waals surface area contributed by atoms with Gasteiger partial charge in [-0.15, -0.1) is 0 Å². The highest BCUT2D eigenvalue weighted by molar-refractivity contribution is 6.14. The summed E-state index contributed by atoms with van der Waals surface area (Å²) in [7, 11) is 0. The largest absolute Gasteiger partial charge is 0.454 e. The molecule has 4 aromatic heterocycles. The van der Waals surface area contributed by atoms with Gasteiger partial charge >= 0.3 is 0 Å². The van der Waals surface area contributed by atoms with Crippen LogP contribution in [-0.2, 0) is 0 Å². The van der Waals surface area contributed by atoms with Crippen molar-refractivity contribution in [3.63, 3.8) is 0 Å². The van der Waals surface area contributed by atoms with Crippen molar-refractivity contribution < 1.29 is 4.42 Å². The molecule has 0 saturated heterocycles. The van der Waals surface area contributed by atoms with Crippen molar-refractivity contribution in [1.29, 1.82) is 0 Å². The Morgan fingerprint density at radius 1 is 0.487 bits per heavy atom. The molecule has 182 valence electrons. The monoisotopic (exact) mass is 499 g/mol. The number of furan rings is 1. The van der Waals surface area contributed by atoms with Gasteiger partial charge in [-0.05, 0) is 48.5 Å². The van der Waals surface area contributed by atoms with E-state index in [1.54, 1.807) is 0 Å². The molecular formula is C35H21N3O. The normalized spacial score (nSPS) is 12.1. The average Bonchev–Trinajstić information content (AvgIpc) is 3.65. The summed E-state index contributed by atoms with van der Waals surface area (Å²) in [5.41, 5.74) is 8.17. The van der Waals surface area contributed by atoms with Gasteiger partial charge in [0.05, 0.1) is 22.2 Å². The van der Waals surface area contributed by atoms with Gasteiger partial charge in [-0.1, -0.05) is 72.8 Å². The third-order valence-electron chi connectivity index (χ3n) is 7.96. The molecule has 0 radical (unpaired) electrons. The van der Waals surface area contributed by atoms with Gasteiger partial charge in [0, 0.05) is 44.2 Å². The fourth-order valence-electron chi connectivity index (χ4n) is 6.33. The van der Waals surface area contributed by atoms with Crippen LogP contribution in [0.4, 0.5) is 0 Å². The molecule has 0 amide bonds. The molecule has 0 bridgehead atoms. The van der Waals surface area contributed by atoms with E-state index in [0.29, 0.717) is 0 Å². The molecule has 39 heavy (non-hydrogen) atoms. The van der Waals surface area contributed by atoms with Gasteiger partial charge in [-0.2, -0.15) is 0 Å². The highest BCUT2D eigenvalue weighted by Gasteiger charge is 2.21. The van der Waals surface area contributed by atoms with E-state index in [1.807, 2.05) is 24.4 Å². The fraction of sp³-hybridized carbons (Fsp3) is 0. The van der Waals surface area contributed by atoms with Crippen LogP contribution in [0.3, 0.4) is 0 Å². The summed E-state index contributed by atoms with van der Waals surface area (Å²) in [5, 5.41) is 6.97. The Bertz CT molecular complexity index is 2300. The molecule has 0 aliphatic carbocycles. The third kappa shape index (κ3) is 2.75. The maximum atomic E-state index is 6.59. The van der Waals surface area contributed by atoms with Crippen LogP contribution in [-0.4, -0.2) is 14.1 Å². The molecule has 5 aromatic carbocycles. The second-order valence-electron chi connectivity index (χ2n) is 10.0. The Hall–Kier alpha value is -5.35. The van der Waals surface area contributed by atoms with Crippen LogP contribution >= 0.6 is 0 Å². The van der Waals surface area contributed by atoms with E-state index in [2.05, 4.69) is 112 Å². The van der Waals surface area contributed by atoms with Crippen LogP contribution in [0.15, 0.2) is 132 Å². The van der Waals surface area contributed by atoms with Crippen LogP contribution < -0.4 is 0 Å². The van der Waals surface area contributed by atoms with Crippen molar-refractivity contribution in [3.05, 3.63) is 128 Å². The summed E-state index contributed by atoms with van der Waals surface area (Å²) in [6.45, 7) is 0. The molecule has 0 fully saturated rings. The van der Waals surface area contributed by atoms with E-state index in [4.69, 9.17) is 9.40 Å². The van der Waals surface area contributed by atoms with Gasteiger partial charge in [0.2, 0.25) is 0 Å². The van der Waals surface area contributed by atoms with Crippen LogP contribution in [0, 0.1) is 0 Å². The maximum Gasteiger partial charge on any atom is 0.159 e. The number of hydrogen-bond acceptors (Lipinski definition) is 2. The summed E-state index contributed by atoms with van der Waals surface area (Å²) in [6.07, 6.45) is 1.87. The average molecular weight is 500 g/mol. The smallest absolute Gasteiger partial charge is 0.159 e. The Kier molecular flexibility index (Phi) is 4.02. The number of rotatable bonds is 2. The second-order valence-corrected chi connectivity index (χ2v) is 10.0. The fourth-order valence-corrected chi connectivity index (χ4v) is 6.33. The van der Waals surface area contributed by atoms with E-state index < -0.39 is 0 Å². The lowest BCUT2D eigenvalue weighted by atomic mass is 10.1. The summed E-state index contributed by atoms with van der Waals surface area (Å²) in [4.78, 5) is 4.86. The minimum Gasteiger partial charge on any atom is -0.454 e. The molecule has 9 rings (SSSR count). The zero-order chi connectivity index (χ0) is 25.5. The van der Waals surface area contributed by atoms with Gasteiger partial charge in [0.25, 0.3) is 0 Å². The molecule has 0 aliphatic heterocycles.